The van der Waals surface area contributed by atoms with Gasteiger partial charge in [-0.15, -0.1) is 0 Å². The lowest BCUT2D eigenvalue weighted by Gasteiger charge is -2.12. The minimum atomic E-state index is -0.260. The van der Waals surface area contributed by atoms with E-state index in [0.717, 1.165) is 24.8 Å². The zero-order valence-electron chi connectivity index (χ0n) is 9.06. The van der Waals surface area contributed by atoms with Gasteiger partial charge in [-0.25, -0.2) is 4.39 Å². The molecule has 0 unspecified atom stereocenters. The summed E-state index contributed by atoms with van der Waals surface area (Å²) in [7, 11) is 1.52. The van der Waals surface area contributed by atoms with Gasteiger partial charge in [-0.1, -0.05) is 26.3 Å². The highest BCUT2D eigenvalue weighted by atomic mass is 19.1. The normalized spacial score (nSPS) is 10.3. The summed E-state index contributed by atoms with van der Waals surface area (Å²) < 4.78 is 18.4. The molecule has 14 heavy (non-hydrogen) atoms. The van der Waals surface area contributed by atoms with E-state index in [1.807, 2.05) is 13.0 Å². The van der Waals surface area contributed by atoms with Gasteiger partial charge in [0.1, 0.15) is 0 Å². The van der Waals surface area contributed by atoms with Crippen LogP contribution in [0, 0.1) is 5.82 Å². The van der Waals surface area contributed by atoms with Crippen LogP contribution >= 0.6 is 0 Å². The molecule has 78 valence electrons. The van der Waals surface area contributed by atoms with Gasteiger partial charge >= 0.3 is 0 Å². The van der Waals surface area contributed by atoms with Crippen molar-refractivity contribution in [2.45, 2.75) is 33.1 Å². The molecular formula is C12H17FO. The summed E-state index contributed by atoms with van der Waals surface area (Å²) in [5, 5.41) is 0. The van der Waals surface area contributed by atoms with E-state index in [2.05, 4.69) is 6.92 Å². The largest absolute Gasteiger partial charge is 0.493 e. The first-order valence-corrected chi connectivity index (χ1v) is 5.08. The summed E-state index contributed by atoms with van der Waals surface area (Å²) >= 11 is 0. The number of hydrogen-bond acceptors (Lipinski definition) is 1. The second-order valence-electron chi connectivity index (χ2n) is 3.32. The zero-order valence-corrected chi connectivity index (χ0v) is 9.06. The molecule has 0 atom stereocenters. The number of hydrogen-bond donors (Lipinski definition) is 0. The molecular weight excluding hydrogens is 179 g/mol. The highest BCUT2D eigenvalue weighted by molar-refractivity contribution is 5.41. The van der Waals surface area contributed by atoms with Gasteiger partial charge < -0.3 is 4.74 Å². The fourth-order valence-electron chi connectivity index (χ4n) is 1.75. The number of rotatable bonds is 4. The number of ether oxygens (including phenoxy) is 1. The summed E-state index contributed by atoms with van der Waals surface area (Å²) in [4.78, 5) is 0. The van der Waals surface area contributed by atoms with Crippen molar-refractivity contribution in [3.8, 4) is 5.75 Å². The third-order valence-electron chi connectivity index (χ3n) is 2.39. The zero-order chi connectivity index (χ0) is 10.6. The minimum Gasteiger partial charge on any atom is -0.493 e. The van der Waals surface area contributed by atoms with Crippen molar-refractivity contribution in [1.82, 2.24) is 0 Å². The van der Waals surface area contributed by atoms with Crippen molar-refractivity contribution in [1.29, 1.82) is 0 Å². The number of aryl methyl sites for hydroxylation is 1. The molecule has 1 aromatic carbocycles. The van der Waals surface area contributed by atoms with E-state index in [4.69, 9.17) is 4.74 Å². The van der Waals surface area contributed by atoms with Gasteiger partial charge in [-0.3, -0.25) is 0 Å². The smallest absolute Gasteiger partial charge is 0.165 e. The van der Waals surface area contributed by atoms with Crippen LogP contribution in [0.1, 0.15) is 31.4 Å². The van der Waals surface area contributed by atoms with Crippen molar-refractivity contribution in [3.05, 3.63) is 29.1 Å². The Hall–Kier alpha value is -1.05. The molecule has 0 aliphatic carbocycles. The van der Waals surface area contributed by atoms with Crippen LogP contribution in [0.25, 0.3) is 0 Å². The average molecular weight is 196 g/mol. The molecule has 0 saturated carbocycles. The standard InChI is InChI=1S/C12H17FO/c1-4-6-9-7-8-11(13)12(14-3)10(9)5-2/h7-8H,4-6H2,1-3H3. The summed E-state index contributed by atoms with van der Waals surface area (Å²) in [5.74, 6) is 0.155. The molecule has 0 spiro atoms. The van der Waals surface area contributed by atoms with Crippen molar-refractivity contribution in [2.75, 3.05) is 7.11 Å². The maximum Gasteiger partial charge on any atom is 0.165 e. The Balaban J connectivity index is 3.18. The van der Waals surface area contributed by atoms with Gasteiger partial charge in [-0.05, 0) is 24.5 Å². The fraction of sp³-hybridized carbons (Fsp3) is 0.500. The van der Waals surface area contributed by atoms with Crippen LogP contribution in [0.15, 0.2) is 12.1 Å². The third-order valence-corrected chi connectivity index (χ3v) is 2.39. The summed E-state index contributed by atoms with van der Waals surface area (Å²) in [6.07, 6.45) is 2.87. The maximum absolute atomic E-state index is 13.3. The van der Waals surface area contributed by atoms with Gasteiger partial charge in [-0.2, -0.15) is 0 Å². The Kier molecular flexibility index (Phi) is 3.93. The summed E-state index contributed by atoms with van der Waals surface area (Å²) in [5.41, 5.74) is 2.21. The Morgan fingerprint density at radius 2 is 2.00 bits per heavy atom. The van der Waals surface area contributed by atoms with E-state index in [9.17, 15) is 4.39 Å². The van der Waals surface area contributed by atoms with Gasteiger partial charge in [0.2, 0.25) is 0 Å². The SMILES string of the molecule is CCCc1ccc(F)c(OC)c1CC. The monoisotopic (exact) mass is 196 g/mol. The fourth-order valence-corrected chi connectivity index (χ4v) is 1.75. The molecule has 0 fully saturated rings. The lowest BCUT2D eigenvalue weighted by Crippen LogP contribution is -1.99. The molecule has 1 rings (SSSR count). The molecule has 2 heteroatoms. The summed E-state index contributed by atoms with van der Waals surface area (Å²) in [6.45, 7) is 4.14. The second-order valence-corrected chi connectivity index (χ2v) is 3.32. The van der Waals surface area contributed by atoms with Crippen molar-refractivity contribution in [2.24, 2.45) is 0 Å². The van der Waals surface area contributed by atoms with Crippen LogP contribution in [0.4, 0.5) is 4.39 Å². The Labute approximate surface area is 84.9 Å². The molecule has 1 nitrogen and oxygen atoms in total. The molecule has 0 aliphatic heterocycles. The third kappa shape index (κ3) is 2.06. The quantitative estimate of drug-likeness (QED) is 0.717. The lowest BCUT2D eigenvalue weighted by molar-refractivity contribution is 0.381. The van der Waals surface area contributed by atoms with Crippen LogP contribution in [-0.2, 0) is 12.8 Å². The van der Waals surface area contributed by atoms with Gasteiger partial charge in [0.25, 0.3) is 0 Å². The van der Waals surface area contributed by atoms with Gasteiger partial charge in [0, 0.05) is 5.56 Å². The van der Waals surface area contributed by atoms with Crippen molar-refractivity contribution >= 4 is 0 Å². The molecule has 0 aromatic heterocycles. The van der Waals surface area contributed by atoms with E-state index in [1.165, 1.54) is 18.7 Å². The van der Waals surface area contributed by atoms with Crippen LogP contribution in [0.5, 0.6) is 5.75 Å². The van der Waals surface area contributed by atoms with Crippen LogP contribution in [0.3, 0.4) is 0 Å². The van der Waals surface area contributed by atoms with E-state index in [-0.39, 0.29) is 5.82 Å². The first kappa shape index (κ1) is 11.0. The van der Waals surface area contributed by atoms with Gasteiger partial charge in [0.05, 0.1) is 7.11 Å². The average Bonchev–Trinajstić information content (AvgIpc) is 2.20. The first-order chi connectivity index (χ1) is 6.74. The minimum absolute atomic E-state index is 0.260. The number of halogens is 1. The Morgan fingerprint density at radius 3 is 2.50 bits per heavy atom. The highest BCUT2D eigenvalue weighted by Gasteiger charge is 2.11. The number of benzene rings is 1. The van der Waals surface area contributed by atoms with E-state index in [1.54, 1.807) is 0 Å². The van der Waals surface area contributed by atoms with E-state index >= 15 is 0 Å². The molecule has 0 radical (unpaired) electrons. The van der Waals surface area contributed by atoms with Crippen molar-refractivity contribution < 1.29 is 9.13 Å². The predicted molar refractivity (Wildman–Crippen MR) is 56.3 cm³/mol. The molecule has 0 bridgehead atoms. The topological polar surface area (TPSA) is 9.23 Å². The van der Waals surface area contributed by atoms with E-state index in [0.29, 0.717) is 5.75 Å². The predicted octanol–water partition coefficient (Wildman–Crippen LogP) is 3.35. The summed E-state index contributed by atoms with van der Waals surface area (Å²) in [6, 6.07) is 3.35. The molecule has 0 amide bonds. The van der Waals surface area contributed by atoms with Crippen LogP contribution in [-0.4, -0.2) is 7.11 Å². The molecule has 0 heterocycles. The first-order valence-electron chi connectivity index (χ1n) is 5.08. The molecule has 1 aromatic rings. The highest BCUT2D eigenvalue weighted by Crippen LogP contribution is 2.27. The maximum atomic E-state index is 13.3. The van der Waals surface area contributed by atoms with Crippen LogP contribution in [0.2, 0.25) is 0 Å². The van der Waals surface area contributed by atoms with Gasteiger partial charge in [0.15, 0.2) is 11.6 Å². The molecule has 0 saturated heterocycles. The van der Waals surface area contributed by atoms with E-state index < -0.39 is 0 Å². The number of methoxy groups -OCH3 is 1. The molecule has 0 N–H and O–H groups in total. The Morgan fingerprint density at radius 1 is 1.29 bits per heavy atom. The lowest BCUT2D eigenvalue weighted by atomic mass is 10.00. The second kappa shape index (κ2) is 4.99. The Bertz CT molecular complexity index is 307. The van der Waals surface area contributed by atoms with Crippen molar-refractivity contribution in [3.63, 3.8) is 0 Å². The van der Waals surface area contributed by atoms with Crippen LogP contribution < -0.4 is 4.74 Å². The molecule has 0 aliphatic rings.